The van der Waals surface area contributed by atoms with Crippen molar-refractivity contribution in [2.24, 2.45) is 0 Å². The molecule has 24 heavy (non-hydrogen) atoms. The van der Waals surface area contributed by atoms with Crippen molar-refractivity contribution in [3.63, 3.8) is 0 Å². The van der Waals surface area contributed by atoms with Gasteiger partial charge in [-0.25, -0.2) is 0 Å². The van der Waals surface area contributed by atoms with E-state index in [4.69, 9.17) is 0 Å². The summed E-state index contributed by atoms with van der Waals surface area (Å²) in [5, 5.41) is 2.59. The molecular formula is C23H24N+. The van der Waals surface area contributed by atoms with E-state index in [0.29, 0.717) is 0 Å². The standard InChI is InChI=1S/C23H24N/c1-5-24-16(2)23(3,4)21-15-20(12-13-22(21)24)19-11-10-17-8-6-7-9-18(17)14-19/h6-15H,5H2,1-4H3/q+1. The van der Waals surface area contributed by atoms with Gasteiger partial charge in [-0.05, 0) is 60.9 Å². The molecule has 1 heterocycles. The van der Waals surface area contributed by atoms with Gasteiger partial charge in [0.05, 0.1) is 5.41 Å². The van der Waals surface area contributed by atoms with Gasteiger partial charge in [0, 0.05) is 18.6 Å². The third-order valence-corrected chi connectivity index (χ3v) is 5.67. The number of hydrogen-bond acceptors (Lipinski definition) is 0. The Morgan fingerprint density at radius 1 is 0.833 bits per heavy atom. The van der Waals surface area contributed by atoms with Gasteiger partial charge in [0.1, 0.15) is 6.54 Å². The van der Waals surface area contributed by atoms with Crippen molar-refractivity contribution in [1.82, 2.24) is 0 Å². The van der Waals surface area contributed by atoms with E-state index < -0.39 is 0 Å². The lowest BCUT2D eigenvalue weighted by atomic mass is 9.81. The first-order valence-electron chi connectivity index (χ1n) is 8.77. The predicted octanol–water partition coefficient (Wildman–Crippen LogP) is 5.92. The fourth-order valence-electron chi connectivity index (χ4n) is 3.94. The summed E-state index contributed by atoms with van der Waals surface area (Å²) in [6.45, 7) is 10.2. The first kappa shape index (κ1) is 15.1. The minimum Gasteiger partial charge on any atom is -0.199 e. The van der Waals surface area contributed by atoms with E-state index in [1.165, 1.54) is 38.9 Å². The lowest BCUT2D eigenvalue weighted by Gasteiger charge is -2.16. The highest BCUT2D eigenvalue weighted by molar-refractivity contribution is 5.94. The van der Waals surface area contributed by atoms with Gasteiger partial charge in [-0.1, -0.05) is 36.4 Å². The SMILES string of the molecule is CC[N+]1=C(C)C(C)(C)c2cc(-c3ccc4ccccc4c3)ccc21. The summed E-state index contributed by atoms with van der Waals surface area (Å²) in [6.07, 6.45) is 0. The maximum Gasteiger partial charge on any atom is 0.209 e. The zero-order chi connectivity index (χ0) is 16.9. The molecule has 1 aliphatic heterocycles. The molecule has 0 spiro atoms. The highest BCUT2D eigenvalue weighted by Gasteiger charge is 2.42. The van der Waals surface area contributed by atoms with Crippen molar-refractivity contribution in [3.05, 3.63) is 66.2 Å². The molecule has 0 radical (unpaired) electrons. The largest absolute Gasteiger partial charge is 0.209 e. The molecule has 3 aromatic carbocycles. The van der Waals surface area contributed by atoms with E-state index in [-0.39, 0.29) is 5.41 Å². The molecule has 0 fully saturated rings. The van der Waals surface area contributed by atoms with Gasteiger partial charge in [-0.15, -0.1) is 0 Å². The quantitative estimate of drug-likeness (QED) is 0.516. The third-order valence-electron chi connectivity index (χ3n) is 5.67. The summed E-state index contributed by atoms with van der Waals surface area (Å²) in [7, 11) is 0. The Kier molecular flexibility index (Phi) is 3.35. The fraction of sp³-hybridized carbons (Fsp3) is 0.261. The molecule has 1 aliphatic rings. The minimum atomic E-state index is 0.0954. The van der Waals surface area contributed by atoms with Crippen LogP contribution in [0.3, 0.4) is 0 Å². The minimum absolute atomic E-state index is 0.0954. The molecule has 0 atom stereocenters. The zero-order valence-electron chi connectivity index (χ0n) is 14.9. The molecule has 0 aromatic heterocycles. The van der Waals surface area contributed by atoms with Crippen LogP contribution in [0.25, 0.3) is 21.9 Å². The van der Waals surface area contributed by atoms with Crippen LogP contribution in [0, 0.1) is 0 Å². The zero-order valence-corrected chi connectivity index (χ0v) is 14.9. The molecule has 0 saturated heterocycles. The van der Waals surface area contributed by atoms with Crippen molar-refractivity contribution >= 4 is 22.2 Å². The third kappa shape index (κ3) is 2.11. The van der Waals surface area contributed by atoms with Crippen molar-refractivity contribution in [3.8, 4) is 11.1 Å². The van der Waals surface area contributed by atoms with Crippen LogP contribution in [0.1, 0.15) is 33.3 Å². The van der Waals surface area contributed by atoms with Gasteiger partial charge in [0.25, 0.3) is 0 Å². The van der Waals surface area contributed by atoms with Crippen LogP contribution in [0.4, 0.5) is 5.69 Å². The molecular weight excluding hydrogens is 290 g/mol. The first-order chi connectivity index (χ1) is 11.5. The molecule has 0 amide bonds. The number of fused-ring (bicyclic) bond motifs is 2. The van der Waals surface area contributed by atoms with Crippen LogP contribution in [0.2, 0.25) is 0 Å². The average Bonchev–Trinajstić information content (AvgIpc) is 2.80. The van der Waals surface area contributed by atoms with E-state index in [9.17, 15) is 0 Å². The second-order valence-corrected chi connectivity index (χ2v) is 7.25. The molecule has 0 N–H and O–H groups in total. The smallest absolute Gasteiger partial charge is 0.199 e. The van der Waals surface area contributed by atoms with Gasteiger partial charge >= 0.3 is 0 Å². The molecule has 0 unspecified atom stereocenters. The van der Waals surface area contributed by atoms with Crippen LogP contribution in [-0.2, 0) is 5.41 Å². The fourth-order valence-corrected chi connectivity index (χ4v) is 3.94. The van der Waals surface area contributed by atoms with Gasteiger partial charge in [0.15, 0.2) is 5.71 Å². The molecule has 4 rings (SSSR count). The second kappa shape index (κ2) is 5.31. The van der Waals surface area contributed by atoms with Gasteiger partial charge in [0.2, 0.25) is 5.69 Å². The summed E-state index contributed by atoms with van der Waals surface area (Å²) in [5.41, 5.74) is 6.93. The maximum absolute atomic E-state index is 2.44. The summed E-state index contributed by atoms with van der Waals surface area (Å²) < 4.78 is 2.44. The van der Waals surface area contributed by atoms with Crippen LogP contribution in [0.5, 0.6) is 0 Å². The Balaban J connectivity index is 1.86. The topological polar surface area (TPSA) is 3.01 Å². The van der Waals surface area contributed by atoms with Crippen LogP contribution < -0.4 is 0 Å². The molecule has 0 aliphatic carbocycles. The van der Waals surface area contributed by atoms with Gasteiger partial charge in [-0.3, -0.25) is 0 Å². The Bertz CT molecular complexity index is 976. The lowest BCUT2D eigenvalue weighted by Crippen LogP contribution is -2.26. The van der Waals surface area contributed by atoms with Crippen molar-refractivity contribution in [1.29, 1.82) is 0 Å². The number of benzene rings is 3. The Hall–Kier alpha value is -2.41. The van der Waals surface area contributed by atoms with E-state index in [1.54, 1.807) is 0 Å². The van der Waals surface area contributed by atoms with Gasteiger partial charge in [-0.2, -0.15) is 4.58 Å². The van der Waals surface area contributed by atoms with Gasteiger partial charge < -0.3 is 0 Å². The summed E-state index contributed by atoms with van der Waals surface area (Å²) in [5.74, 6) is 0. The van der Waals surface area contributed by atoms with Crippen molar-refractivity contribution in [2.45, 2.75) is 33.1 Å². The van der Waals surface area contributed by atoms with Crippen LogP contribution in [0.15, 0.2) is 60.7 Å². The van der Waals surface area contributed by atoms with Crippen LogP contribution in [-0.4, -0.2) is 16.8 Å². The first-order valence-corrected chi connectivity index (χ1v) is 8.77. The Morgan fingerprint density at radius 3 is 2.25 bits per heavy atom. The Morgan fingerprint density at radius 2 is 1.50 bits per heavy atom. The maximum atomic E-state index is 2.44. The molecule has 120 valence electrons. The molecule has 0 saturated carbocycles. The molecule has 0 bridgehead atoms. The monoisotopic (exact) mass is 314 g/mol. The van der Waals surface area contributed by atoms with Crippen molar-refractivity contribution < 1.29 is 4.58 Å². The lowest BCUT2D eigenvalue weighted by molar-refractivity contribution is -0.434. The summed E-state index contributed by atoms with van der Waals surface area (Å²) in [4.78, 5) is 0. The Labute approximate surface area is 144 Å². The number of nitrogens with zero attached hydrogens (tertiary/aromatic N) is 1. The second-order valence-electron chi connectivity index (χ2n) is 7.25. The summed E-state index contributed by atoms with van der Waals surface area (Å²) >= 11 is 0. The van der Waals surface area contributed by atoms with E-state index in [1.807, 2.05) is 0 Å². The molecule has 3 aromatic rings. The number of rotatable bonds is 2. The highest BCUT2D eigenvalue weighted by Crippen LogP contribution is 2.41. The highest BCUT2D eigenvalue weighted by atomic mass is 15.0. The molecule has 1 heteroatoms. The van der Waals surface area contributed by atoms with E-state index >= 15 is 0 Å². The van der Waals surface area contributed by atoms with Crippen molar-refractivity contribution in [2.75, 3.05) is 6.54 Å². The molecule has 1 nitrogen and oxygen atoms in total. The van der Waals surface area contributed by atoms with E-state index in [2.05, 4.69) is 92.9 Å². The summed E-state index contributed by atoms with van der Waals surface area (Å²) in [6, 6.07) is 22.3. The average molecular weight is 314 g/mol. The predicted molar refractivity (Wildman–Crippen MR) is 104 cm³/mol. The number of hydrogen-bond donors (Lipinski definition) is 0. The van der Waals surface area contributed by atoms with Crippen LogP contribution >= 0.6 is 0 Å². The normalized spacial score (nSPS) is 15.8. The van der Waals surface area contributed by atoms with E-state index in [0.717, 1.165) is 6.54 Å².